The Hall–Kier alpha value is -1.22. The van der Waals surface area contributed by atoms with Gasteiger partial charge in [0.1, 0.15) is 5.84 Å². The van der Waals surface area contributed by atoms with Crippen LogP contribution < -0.4 is 11.1 Å². The van der Waals surface area contributed by atoms with Gasteiger partial charge in [0, 0.05) is 19.6 Å². The minimum absolute atomic E-state index is 0.0256. The Morgan fingerprint density at radius 1 is 1.24 bits per heavy atom. The molecule has 1 saturated heterocycles. The normalized spacial score (nSPS) is 33.4. The first-order chi connectivity index (χ1) is 11.9. The summed E-state index contributed by atoms with van der Waals surface area (Å²) in [7, 11) is 0. The van der Waals surface area contributed by atoms with Crippen molar-refractivity contribution in [2.75, 3.05) is 26.2 Å². The number of aliphatic imine (C=N–C) groups is 2. The Labute approximate surface area is 149 Å². The van der Waals surface area contributed by atoms with E-state index in [1.807, 2.05) is 0 Å². The maximum atomic E-state index is 13.2. The molecule has 3 atom stereocenters. The van der Waals surface area contributed by atoms with E-state index in [4.69, 9.17) is 5.73 Å². The number of rotatable bonds is 0. The predicted octanol–water partition coefficient (Wildman–Crippen LogP) is 2.11. The van der Waals surface area contributed by atoms with E-state index in [-0.39, 0.29) is 30.1 Å². The van der Waals surface area contributed by atoms with Crippen LogP contribution in [0.2, 0.25) is 0 Å². The van der Waals surface area contributed by atoms with Crippen LogP contribution >= 0.6 is 11.8 Å². The molecule has 0 spiro atoms. The molecule has 4 rings (SSSR count). The van der Waals surface area contributed by atoms with Gasteiger partial charge < -0.3 is 16.0 Å². The zero-order valence-electron chi connectivity index (χ0n) is 13.9. The molecule has 3 N–H and O–H groups in total. The molecular formula is C16H22F3N5S. The van der Waals surface area contributed by atoms with Crippen LogP contribution in [-0.4, -0.2) is 60.3 Å². The lowest BCUT2D eigenvalue weighted by molar-refractivity contribution is -0.176. The molecule has 0 radical (unpaired) electrons. The van der Waals surface area contributed by atoms with Gasteiger partial charge in [0.25, 0.3) is 0 Å². The third-order valence-corrected chi connectivity index (χ3v) is 6.81. The van der Waals surface area contributed by atoms with Gasteiger partial charge in [0.15, 0.2) is 0 Å². The molecule has 0 aromatic heterocycles. The molecule has 3 unspecified atom stereocenters. The zero-order valence-corrected chi connectivity index (χ0v) is 14.7. The average molecular weight is 373 g/mol. The van der Waals surface area contributed by atoms with Gasteiger partial charge in [0.2, 0.25) is 5.96 Å². The highest BCUT2D eigenvalue weighted by atomic mass is 32.2. The van der Waals surface area contributed by atoms with Crippen molar-refractivity contribution in [3.05, 3.63) is 10.5 Å². The molecule has 0 bridgehead atoms. The summed E-state index contributed by atoms with van der Waals surface area (Å²) in [6.07, 6.45) is -2.41. The molecule has 3 heterocycles. The minimum Gasteiger partial charge on any atom is -0.368 e. The van der Waals surface area contributed by atoms with E-state index in [9.17, 15) is 13.2 Å². The molecule has 4 aliphatic rings. The number of guanidine groups is 1. The lowest BCUT2D eigenvalue weighted by Gasteiger charge is -2.32. The highest BCUT2D eigenvalue weighted by Gasteiger charge is 2.49. The predicted molar refractivity (Wildman–Crippen MR) is 93.7 cm³/mol. The van der Waals surface area contributed by atoms with E-state index in [0.717, 1.165) is 48.9 Å². The zero-order chi connectivity index (χ0) is 17.6. The second kappa shape index (κ2) is 6.50. The van der Waals surface area contributed by atoms with E-state index < -0.39 is 12.1 Å². The number of hydrogen-bond donors (Lipinski definition) is 2. The summed E-state index contributed by atoms with van der Waals surface area (Å²) >= 11 is 1.66. The van der Waals surface area contributed by atoms with E-state index in [2.05, 4.69) is 20.2 Å². The second-order valence-corrected chi connectivity index (χ2v) is 8.20. The van der Waals surface area contributed by atoms with Crippen molar-refractivity contribution in [3.63, 3.8) is 0 Å². The Morgan fingerprint density at radius 2 is 2.08 bits per heavy atom. The first kappa shape index (κ1) is 17.2. The van der Waals surface area contributed by atoms with E-state index in [1.54, 1.807) is 11.8 Å². The largest absolute Gasteiger partial charge is 0.392 e. The molecule has 3 aliphatic heterocycles. The summed E-state index contributed by atoms with van der Waals surface area (Å²) in [5, 5.41) is 3.33. The van der Waals surface area contributed by atoms with Crippen molar-refractivity contribution in [1.29, 1.82) is 0 Å². The fourth-order valence-electron chi connectivity index (χ4n) is 4.06. The van der Waals surface area contributed by atoms with Gasteiger partial charge in [-0.25, -0.2) is 4.99 Å². The number of fused-ring (bicyclic) bond motifs is 2. The van der Waals surface area contributed by atoms with Crippen LogP contribution in [0.5, 0.6) is 0 Å². The van der Waals surface area contributed by atoms with Crippen LogP contribution in [0.15, 0.2) is 20.5 Å². The third kappa shape index (κ3) is 3.28. The van der Waals surface area contributed by atoms with Gasteiger partial charge in [-0.15, -0.1) is 11.8 Å². The van der Waals surface area contributed by atoms with Gasteiger partial charge in [-0.3, -0.25) is 0 Å². The summed E-state index contributed by atoms with van der Waals surface area (Å²) in [5.41, 5.74) is 6.77. The van der Waals surface area contributed by atoms with Crippen molar-refractivity contribution in [2.45, 2.75) is 43.2 Å². The molecular weight excluding hydrogens is 351 g/mol. The second-order valence-electron chi connectivity index (χ2n) is 6.96. The number of hydrogen-bond acceptors (Lipinski definition) is 6. The van der Waals surface area contributed by atoms with E-state index in [0.29, 0.717) is 6.42 Å². The fourth-order valence-corrected chi connectivity index (χ4v) is 5.62. The number of amidine groups is 1. The Balaban J connectivity index is 1.58. The van der Waals surface area contributed by atoms with Crippen LogP contribution in [0.4, 0.5) is 13.2 Å². The summed E-state index contributed by atoms with van der Waals surface area (Å²) in [6.45, 7) is 3.57. The molecule has 0 aromatic carbocycles. The molecule has 9 heteroatoms. The molecule has 138 valence electrons. The lowest BCUT2D eigenvalue weighted by Crippen LogP contribution is -2.47. The number of halogens is 3. The van der Waals surface area contributed by atoms with Crippen molar-refractivity contribution in [1.82, 2.24) is 10.2 Å². The standard InChI is InChI=1S/C16H22F3N5S/c17-16(18,19)9-2-3-11-10(8-9)12-13(25-11)14(23-15(20)22-12)24-6-1-4-21-5-7-24/h9,12-13,21H,1-8H2,(H2,20,22). The first-order valence-corrected chi connectivity index (χ1v) is 9.64. The van der Waals surface area contributed by atoms with Crippen LogP contribution in [-0.2, 0) is 0 Å². The number of nitrogens with zero attached hydrogens (tertiary/aromatic N) is 3. The van der Waals surface area contributed by atoms with Gasteiger partial charge >= 0.3 is 6.18 Å². The van der Waals surface area contributed by atoms with E-state index in [1.165, 1.54) is 0 Å². The summed E-state index contributed by atoms with van der Waals surface area (Å²) < 4.78 is 39.5. The SMILES string of the molecule is NC1=NC2C3=C(CCC(C(F)(F)F)C3)SC2C(N2CCCNCC2)=N1. The third-order valence-electron chi connectivity index (χ3n) is 5.34. The van der Waals surface area contributed by atoms with Crippen LogP contribution in [0.3, 0.4) is 0 Å². The molecule has 1 aliphatic carbocycles. The fraction of sp³-hybridized carbons (Fsp3) is 0.750. The van der Waals surface area contributed by atoms with Crippen LogP contribution in [0.25, 0.3) is 0 Å². The van der Waals surface area contributed by atoms with Gasteiger partial charge in [0.05, 0.1) is 17.2 Å². The van der Waals surface area contributed by atoms with Gasteiger partial charge in [-0.05, 0) is 42.7 Å². The summed E-state index contributed by atoms with van der Waals surface area (Å²) in [4.78, 5) is 12.2. The summed E-state index contributed by atoms with van der Waals surface area (Å²) in [6, 6.07) is -0.283. The van der Waals surface area contributed by atoms with Crippen molar-refractivity contribution >= 4 is 23.6 Å². The monoisotopic (exact) mass is 373 g/mol. The molecule has 0 aromatic rings. The molecule has 5 nitrogen and oxygen atoms in total. The van der Waals surface area contributed by atoms with Crippen LogP contribution in [0.1, 0.15) is 25.7 Å². The Morgan fingerprint density at radius 3 is 2.88 bits per heavy atom. The van der Waals surface area contributed by atoms with Gasteiger partial charge in [-0.1, -0.05) is 0 Å². The number of nitrogens with two attached hydrogens (primary N) is 1. The molecule has 25 heavy (non-hydrogen) atoms. The number of thioether (sulfide) groups is 1. The number of alkyl halides is 3. The molecule has 1 fully saturated rings. The minimum atomic E-state index is -4.14. The van der Waals surface area contributed by atoms with E-state index >= 15 is 0 Å². The highest BCUT2D eigenvalue weighted by molar-refractivity contribution is 8.04. The number of allylic oxidation sites excluding steroid dienone is 1. The van der Waals surface area contributed by atoms with Crippen molar-refractivity contribution < 1.29 is 13.2 Å². The van der Waals surface area contributed by atoms with Gasteiger partial charge in [-0.2, -0.15) is 18.2 Å². The molecule has 0 saturated carbocycles. The maximum absolute atomic E-state index is 13.2. The van der Waals surface area contributed by atoms with Crippen molar-refractivity contribution in [3.8, 4) is 0 Å². The first-order valence-electron chi connectivity index (χ1n) is 8.76. The Bertz CT molecular complexity index is 634. The highest BCUT2D eigenvalue weighted by Crippen LogP contribution is 2.52. The Kier molecular flexibility index (Phi) is 4.47. The van der Waals surface area contributed by atoms with Crippen LogP contribution in [0, 0.1) is 5.92 Å². The quantitative estimate of drug-likeness (QED) is 0.683. The number of nitrogens with one attached hydrogen (secondary N) is 1. The average Bonchev–Trinajstić information content (AvgIpc) is 2.74. The molecule has 0 amide bonds. The topological polar surface area (TPSA) is 66.0 Å². The smallest absolute Gasteiger partial charge is 0.368 e. The van der Waals surface area contributed by atoms with Crippen molar-refractivity contribution in [2.24, 2.45) is 21.6 Å². The lowest BCUT2D eigenvalue weighted by atomic mass is 9.84. The maximum Gasteiger partial charge on any atom is 0.392 e. The summed E-state index contributed by atoms with van der Waals surface area (Å²) in [5.74, 6) is -0.173.